The predicted molar refractivity (Wildman–Crippen MR) is 94.9 cm³/mol. The van der Waals surface area contributed by atoms with Crippen LogP contribution in [0.25, 0.3) is 0 Å². The van der Waals surface area contributed by atoms with Crippen LogP contribution in [-0.2, 0) is 12.0 Å². The van der Waals surface area contributed by atoms with Crippen molar-refractivity contribution in [3.05, 3.63) is 65.5 Å². The zero-order chi connectivity index (χ0) is 18.1. The fraction of sp³-hybridized carbons (Fsp3) is 0.476. The minimum absolute atomic E-state index is 0.166. The van der Waals surface area contributed by atoms with Crippen LogP contribution < -0.4 is 4.57 Å². The van der Waals surface area contributed by atoms with Crippen LogP contribution in [0.3, 0.4) is 0 Å². The third-order valence-electron chi connectivity index (χ3n) is 6.12. The molecule has 1 aromatic rings. The molecule has 0 aliphatic carbocycles. The molecule has 1 aliphatic heterocycles. The number of aromatic nitrogens is 1. The minimum Gasteiger partial charge on any atom is -0.208 e. The summed E-state index contributed by atoms with van der Waals surface area (Å²) < 4.78 is 29.5. The highest BCUT2D eigenvalue weighted by Crippen LogP contribution is 2.49. The molecule has 0 spiro atoms. The molecule has 0 amide bonds. The van der Waals surface area contributed by atoms with Gasteiger partial charge in [-0.15, -0.1) is 0 Å². The first-order chi connectivity index (χ1) is 11.2. The summed E-state index contributed by atoms with van der Waals surface area (Å²) in [6.45, 7) is 14.0. The molecule has 2 heterocycles. The quantitative estimate of drug-likeness (QED) is 0.496. The highest BCUT2D eigenvalue weighted by molar-refractivity contribution is 5.34. The molecule has 1 aliphatic rings. The van der Waals surface area contributed by atoms with Gasteiger partial charge in [0.25, 0.3) is 0 Å². The second-order valence-electron chi connectivity index (χ2n) is 7.14. The average molecular weight is 332 g/mol. The van der Waals surface area contributed by atoms with E-state index >= 15 is 0 Å². The van der Waals surface area contributed by atoms with Gasteiger partial charge in [0, 0.05) is 31.1 Å². The molecule has 0 aromatic carbocycles. The molecule has 2 rings (SSSR count). The topological polar surface area (TPSA) is 3.88 Å². The molecular weight excluding hydrogens is 304 g/mol. The number of rotatable bonds is 4. The lowest BCUT2D eigenvalue weighted by molar-refractivity contribution is -0.786. The van der Waals surface area contributed by atoms with E-state index in [-0.39, 0.29) is 11.0 Å². The van der Waals surface area contributed by atoms with Crippen molar-refractivity contribution in [3.63, 3.8) is 0 Å². The molecule has 3 heteroatoms. The lowest BCUT2D eigenvalue weighted by atomic mass is 9.60. The summed E-state index contributed by atoms with van der Waals surface area (Å²) in [6, 6.07) is 4.16. The van der Waals surface area contributed by atoms with E-state index in [2.05, 4.69) is 64.1 Å². The molecule has 2 atom stereocenters. The van der Waals surface area contributed by atoms with Crippen LogP contribution in [0.1, 0.15) is 51.8 Å². The van der Waals surface area contributed by atoms with Gasteiger partial charge in [-0.05, 0) is 38.0 Å². The number of pyridine rings is 1. The zero-order valence-electron chi connectivity index (χ0n) is 15.4. The van der Waals surface area contributed by atoms with Gasteiger partial charge >= 0.3 is 0 Å². The number of hydrogen-bond acceptors (Lipinski definition) is 0. The summed E-state index contributed by atoms with van der Waals surface area (Å²) in [4.78, 5) is 0. The van der Waals surface area contributed by atoms with E-state index in [1.54, 1.807) is 0 Å². The lowest BCUT2D eigenvalue weighted by Gasteiger charge is -2.47. The normalized spacial score (nSPS) is 28.8. The Bertz CT molecular complexity index is 717. The molecule has 0 N–H and O–H groups in total. The van der Waals surface area contributed by atoms with Crippen LogP contribution in [0.4, 0.5) is 8.78 Å². The molecular formula is C21H28F2N+. The summed E-state index contributed by atoms with van der Waals surface area (Å²) in [5, 5.41) is 0. The van der Waals surface area contributed by atoms with E-state index in [1.165, 1.54) is 17.3 Å². The van der Waals surface area contributed by atoms with Crippen LogP contribution in [-0.4, -0.2) is 0 Å². The smallest absolute Gasteiger partial charge is 0.188 e. The highest BCUT2D eigenvalue weighted by atomic mass is 19.1. The number of hydrogen-bond donors (Lipinski definition) is 0. The van der Waals surface area contributed by atoms with Gasteiger partial charge in [-0.25, -0.2) is 8.78 Å². The molecule has 0 radical (unpaired) electrons. The van der Waals surface area contributed by atoms with Gasteiger partial charge in [-0.2, -0.15) is 4.57 Å². The first-order valence-corrected chi connectivity index (χ1v) is 8.63. The Kier molecular flexibility index (Phi) is 5.12. The molecule has 1 nitrogen and oxygen atoms in total. The standard InChI is InChI=1S/C21H28F2N/c1-7-20(5)17(13-18(23)12-16(4)22)14-19-15(3)10-9-11-24(19)21(20,6)8-2/h9-13H,4,7-8,14H2,1-3,5-6H3/q+1. The van der Waals surface area contributed by atoms with Crippen molar-refractivity contribution in [3.8, 4) is 0 Å². The van der Waals surface area contributed by atoms with Crippen LogP contribution in [0.5, 0.6) is 0 Å². The maximum absolute atomic E-state index is 14.2. The molecule has 130 valence electrons. The zero-order valence-corrected chi connectivity index (χ0v) is 15.4. The highest BCUT2D eigenvalue weighted by Gasteiger charge is 2.56. The average Bonchev–Trinajstić information content (AvgIpc) is 2.52. The van der Waals surface area contributed by atoms with Crippen LogP contribution in [0.2, 0.25) is 0 Å². The largest absolute Gasteiger partial charge is 0.208 e. The van der Waals surface area contributed by atoms with Crippen molar-refractivity contribution in [2.45, 2.75) is 59.4 Å². The van der Waals surface area contributed by atoms with E-state index < -0.39 is 11.7 Å². The second kappa shape index (κ2) is 6.62. The van der Waals surface area contributed by atoms with Crippen molar-refractivity contribution in [2.75, 3.05) is 0 Å². The van der Waals surface area contributed by atoms with Crippen LogP contribution in [0, 0.1) is 12.3 Å². The molecule has 24 heavy (non-hydrogen) atoms. The van der Waals surface area contributed by atoms with E-state index in [9.17, 15) is 8.78 Å². The Morgan fingerprint density at radius 2 is 1.96 bits per heavy atom. The SMILES string of the molecule is C=C(F)C=C(F)C=C1Cc2c(C)ccc[n+]2C(C)(CC)C1(C)CC. The van der Waals surface area contributed by atoms with Crippen molar-refractivity contribution in [2.24, 2.45) is 5.41 Å². The minimum atomic E-state index is -0.762. The Morgan fingerprint density at radius 3 is 2.50 bits per heavy atom. The van der Waals surface area contributed by atoms with Gasteiger partial charge in [0.1, 0.15) is 11.7 Å². The molecule has 2 unspecified atom stereocenters. The van der Waals surface area contributed by atoms with E-state index in [0.29, 0.717) is 6.42 Å². The number of fused-ring (bicyclic) bond motifs is 1. The van der Waals surface area contributed by atoms with Gasteiger partial charge in [0.2, 0.25) is 0 Å². The Labute approximate surface area is 144 Å². The summed E-state index contributed by atoms with van der Waals surface area (Å²) in [5.74, 6) is -1.33. The summed E-state index contributed by atoms with van der Waals surface area (Å²) in [7, 11) is 0. The maximum atomic E-state index is 14.2. The summed E-state index contributed by atoms with van der Waals surface area (Å²) in [5.41, 5.74) is 3.03. The number of aryl methyl sites for hydroxylation is 1. The van der Waals surface area contributed by atoms with E-state index in [1.807, 2.05) is 0 Å². The lowest BCUT2D eigenvalue weighted by Crippen LogP contribution is -2.68. The van der Waals surface area contributed by atoms with Crippen molar-refractivity contribution in [1.29, 1.82) is 0 Å². The predicted octanol–water partition coefficient (Wildman–Crippen LogP) is 5.64. The van der Waals surface area contributed by atoms with Gasteiger partial charge in [-0.1, -0.05) is 20.4 Å². The molecule has 0 bridgehead atoms. The first-order valence-electron chi connectivity index (χ1n) is 8.63. The first kappa shape index (κ1) is 18.6. The van der Waals surface area contributed by atoms with E-state index in [4.69, 9.17) is 0 Å². The van der Waals surface area contributed by atoms with Crippen molar-refractivity contribution >= 4 is 0 Å². The summed E-state index contributed by atoms with van der Waals surface area (Å²) >= 11 is 0. The van der Waals surface area contributed by atoms with Crippen LogP contribution in [0.15, 0.2) is 54.3 Å². The monoisotopic (exact) mass is 332 g/mol. The van der Waals surface area contributed by atoms with Crippen molar-refractivity contribution < 1.29 is 13.3 Å². The van der Waals surface area contributed by atoms with Gasteiger partial charge < -0.3 is 0 Å². The third-order valence-corrected chi connectivity index (χ3v) is 6.12. The Hall–Kier alpha value is -1.77. The molecule has 0 saturated heterocycles. The number of allylic oxidation sites excluding steroid dienone is 5. The van der Waals surface area contributed by atoms with Gasteiger partial charge in [0.15, 0.2) is 17.4 Å². The Morgan fingerprint density at radius 1 is 1.29 bits per heavy atom. The second-order valence-corrected chi connectivity index (χ2v) is 7.14. The van der Waals surface area contributed by atoms with Gasteiger partial charge in [-0.3, -0.25) is 0 Å². The van der Waals surface area contributed by atoms with Crippen LogP contribution >= 0.6 is 0 Å². The Balaban J connectivity index is 2.73. The fourth-order valence-corrected chi connectivity index (χ4v) is 4.06. The molecule has 0 saturated carbocycles. The number of halogens is 2. The number of nitrogens with zero attached hydrogens (tertiary/aromatic N) is 1. The molecule has 1 aromatic heterocycles. The molecule has 0 fully saturated rings. The van der Waals surface area contributed by atoms with Gasteiger partial charge in [0.05, 0.1) is 11.8 Å². The maximum Gasteiger partial charge on any atom is 0.188 e. The van der Waals surface area contributed by atoms with E-state index in [0.717, 1.165) is 24.5 Å². The van der Waals surface area contributed by atoms with Crippen molar-refractivity contribution in [1.82, 2.24) is 0 Å². The third kappa shape index (κ3) is 2.85. The fourth-order valence-electron chi connectivity index (χ4n) is 4.06. The summed E-state index contributed by atoms with van der Waals surface area (Å²) in [6.07, 6.45) is 6.98.